The molecule has 6 heteroatoms. The molecule has 1 aromatic heterocycles. The molecule has 1 fully saturated rings. The number of halogens is 3. The van der Waals surface area contributed by atoms with E-state index >= 15 is 0 Å². The number of nitrogens with one attached hydrogen (secondary N) is 1. The Morgan fingerprint density at radius 2 is 2.19 bits per heavy atom. The molecular formula is C15H23F3N2O. The van der Waals surface area contributed by atoms with Gasteiger partial charge in [0.1, 0.15) is 6.61 Å². The number of hydrogen-bond acceptors (Lipinski definition) is 2. The maximum Gasteiger partial charge on any atom is 0.411 e. The van der Waals surface area contributed by atoms with Crippen molar-refractivity contribution in [1.29, 1.82) is 0 Å². The molecule has 1 aliphatic carbocycles. The molecule has 1 saturated carbocycles. The van der Waals surface area contributed by atoms with Crippen LogP contribution in [-0.2, 0) is 11.3 Å². The van der Waals surface area contributed by atoms with E-state index in [0.29, 0.717) is 19.0 Å². The highest BCUT2D eigenvalue weighted by molar-refractivity contribution is 5.18. The van der Waals surface area contributed by atoms with Crippen molar-refractivity contribution in [2.75, 3.05) is 19.8 Å². The lowest BCUT2D eigenvalue weighted by molar-refractivity contribution is -0.174. The lowest BCUT2D eigenvalue weighted by Gasteiger charge is -2.15. The van der Waals surface area contributed by atoms with E-state index in [9.17, 15) is 13.2 Å². The molecule has 0 amide bonds. The standard InChI is InChI=1S/C15H23F3N2O/c1-2-19-14(12-4-5-12)13-6-8-20(10-13)7-3-9-21-11-15(16,17)18/h6,8,10,12,14,19H,2-5,7,9,11H2,1H3. The van der Waals surface area contributed by atoms with Crippen molar-refractivity contribution in [3.63, 3.8) is 0 Å². The van der Waals surface area contributed by atoms with Crippen molar-refractivity contribution in [3.05, 3.63) is 24.0 Å². The van der Waals surface area contributed by atoms with Gasteiger partial charge in [-0.2, -0.15) is 13.2 Å². The van der Waals surface area contributed by atoms with Gasteiger partial charge in [-0.15, -0.1) is 0 Å². The van der Waals surface area contributed by atoms with E-state index in [2.05, 4.69) is 29.2 Å². The average Bonchev–Trinajstić information content (AvgIpc) is 3.13. The van der Waals surface area contributed by atoms with Gasteiger partial charge in [-0.3, -0.25) is 0 Å². The van der Waals surface area contributed by atoms with E-state index in [-0.39, 0.29) is 6.61 Å². The van der Waals surface area contributed by atoms with Gasteiger partial charge >= 0.3 is 6.18 Å². The van der Waals surface area contributed by atoms with Crippen molar-refractivity contribution in [1.82, 2.24) is 9.88 Å². The minimum atomic E-state index is -4.23. The van der Waals surface area contributed by atoms with Gasteiger partial charge in [-0.1, -0.05) is 6.92 Å². The quantitative estimate of drug-likeness (QED) is 0.707. The summed E-state index contributed by atoms with van der Waals surface area (Å²) in [5.74, 6) is 0.732. The fourth-order valence-corrected chi connectivity index (χ4v) is 2.53. The highest BCUT2D eigenvalue weighted by Crippen LogP contribution is 2.40. The summed E-state index contributed by atoms with van der Waals surface area (Å²) in [5, 5.41) is 3.50. The van der Waals surface area contributed by atoms with Crippen LogP contribution < -0.4 is 5.32 Å². The Bertz CT molecular complexity index is 427. The maximum absolute atomic E-state index is 11.9. The first-order valence-electron chi connectivity index (χ1n) is 7.53. The van der Waals surface area contributed by atoms with Gasteiger partial charge in [0.05, 0.1) is 0 Å². The number of nitrogens with zero attached hydrogens (tertiary/aromatic N) is 1. The molecule has 1 aliphatic rings. The molecule has 1 N–H and O–H groups in total. The Morgan fingerprint density at radius 1 is 1.43 bits per heavy atom. The summed E-state index contributed by atoms with van der Waals surface area (Å²) in [5.41, 5.74) is 1.27. The number of rotatable bonds is 9. The molecule has 3 nitrogen and oxygen atoms in total. The lowest BCUT2D eigenvalue weighted by atomic mass is 10.1. The molecule has 0 saturated heterocycles. The molecule has 2 rings (SSSR count). The van der Waals surface area contributed by atoms with Crippen LogP contribution in [0, 0.1) is 5.92 Å². The SMILES string of the molecule is CCNC(c1ccn(CCCOCC(F)(F)F)c1)C1CC1. The van der Waals surface area contributed by atoms with Gasteiger partial charge in [0.25, 0.3) is 0 Å². The number of hydrogen-bond donors (Lipinski definition) is 1. The first-order valence-corrected chi connectivity index (χ1v) is 7.53. The molecule has 0 aliphatic heterocycles. The first-order chi connectivity index (χ1) is 9.99. The van der Waals surface area contributed by atoms with Crippen LogP contribution in [-0.4, -0.2) is 30.5 Å². The number of ether oxygens (including phenoxy) is 1. The predicted molar refractivity (Wildman–Crippen MR) is 75.1 cm³/mol. The molecule has 1 atom stereocenters. The van der Waals surface area contributed by atoms with Crippen molar-refractivity contribution in [2.24, 2.45) is 5.92 Å². The summed E-state index contributed by atoms with van der Waals surface area (Å²) >= 11 is 0. The second-order valence-corrected chi connectivity index (χ2v) is 5.58. The Hall–Kier alpha value is -1.01. The Morgan fingerprint density at radius 3 is 2.81 bits per heavy atom. The topological polar surface area (TPSA) is 26.2 Å². The molecule has 1 aromatic rings. The van der Waals surface area contributed by atoms with Gasteiger partial charge < -0.3 is 14.6 Å². The lowest BCUT2D eigenvalue weighted by Crippen LogP contribution is -2.22. The highest BCUT2D eigenvalue weighted by atomic mass is 19.4. The second kappa shape index (κ2) is 7.31. The Kier molecular flexibility index (Phi) is 5.70. The smallest absolute Gasteiger partial charge is 0.372 e. The van der Waals surface area contributed by atoms with E-state index in [1.165, 1.54) is 18.4 Å². The van der Waals surface area contributed by atoms with Gasteiger partial charge in [-0.05, 0) is 43.4 Å². The summed E-state index contributed by atoms with van der Waals surface area (Å²) in [6.07, 6.45) is 2.98. The van der Waals surface area contributed by atoms with Crippen LogP contribution >= 0.6 is 0 Å². The molecule has 1 unspecified atom stereocenters. The van der Waals surface area contributed by atoms with E-state index in [1.807, 2.05) is 10.8 Å². The number of aromatic nitrogens is 1. The van der Waals surface area contributed by atoms with E-state index < -0.39 is 12.8 Å². The normalized spacial score (nSPS) is 17.1. The van der Waals surface area contributed by atoms with Crippen molar-refractivity contribution < 1.29 is 17.9 Å². The summed E-state index contributed by atoms with van der Waals surface area (Å²) in [7, 11) is 0. The minimum Gasteiger partial charge on any atom is -0.372 e. The second-order valence-electron chi connectivity index (χ2n) is 5.58. The zero-order chi connectivity index (χ0) is 15.3. The zero-order valence-electron chi connectivity index (χ0n) is 12.3. The van der Waals surface area contributed by atoms with Gasteiger partial charge in [0, 0.05) is 31.6 Å². The third kappa shape index (κ3) is 5.71. The Balaban J connectivity index is 1.72. The first kappa shape index (κ1) is 16.4. The van der Waals surface area contributed by atoms with Crippen LogP contribution in [0.1, 0.15) is 37.8 Å². The molecule has 0 bridgehead atoms. The van der Waals surface area contributed by atoms with Gasteiger partial charge in [0.2, 0.25) is 0 Å². The van der Waals surface area contributed by atoms with Crippen LogP contribution in [0.3, 0.4) is 0 Å². The fraction of sp³-hybridized carbons (Fsp3) is 0.733. The minimum absolute atomic E-state index is 0.131. The maximum atomic E-state index is 11.9. The third-order valence-electron chi connectivity index (χ3n) is 3.62. The fourth-order valence-electron chi connectivity index (χ4n) is 2.53. The summed E-state index contributed by atoms with van der Waals surface area (Å²) in [6, 6.07) is 2.51. The molecule has 0 spiro atoms. The number of alkyl halides is 3. The van der Waals surface area contributed by atoms with Crippen molar-refractivity contribution in [2.45, 2.75) is 44.9 Å². The van der Waals surface area contributed by atoms with Gasteiger partial charge in [0.15, 0.2) is 0 Å². The van der Waals surface area contributed by atoms with Crippen LogP contribution in [0.4, 0.5) is 13.2 Å². The predicted octanol–water partition coefficient (Wildman–Crippen LogP) is 3.52. The zero-order valence-corrected chi connectivity index (χ0v) is 12.3. The molecule has 21 heavy (non-hydrogen) atoms. The molecular weight excluding hydrogens is 281 g/mol. The van der Waals surface area contributed by atoms with E-state index in [0.717, 1.165) is 12.5 Å². The van der Waals surface area contributed by atoms with Crippen LogP contribution in [0.25, 0.3) is 0 Å². The van der Waals surface area contributed by atoms with Crippen LogP contribution in [0.15, 0.2) is 18.5 Å². The average molecular weight is 304 g/mol. The summed E-state index contributed by atoms with van der Waals surface area (Å²) in [4.78, 5) is 0. The van der Waals surface area contributed by atoms with Crippen LogP contribution in [0.2, 0.25) is 0 Å². The molecule has 0 aromatic carbocycles. The number of aryl methyl sites for hydroxylation is 1. The molecule has 0 radical (unpaired) electrons. The Labute approximate surface area is 123 Å². The van der Waals surface area contributed by atoms with Crippen molar-refractivity contribution in [3.8, 4) is 0 Å². The summed E-state index contributed by atoms with van der Waals surface area (Å²) in [6.45, 7) is 2.70. The summed E-state index contributed by atoms with van der Waals surface area (Å²) < 4.78 is 42.4. The largest absolute Gasteiger partial charge is 0.411 e. The monoisotopic (exact) mass is 304 g/mol. The highest BCUT2D eigenvalue weighted by Gasteiger charge is 2.32. The molecule has 1 heterocycles. The van der Waals surface area contributed by atoms with Crippen molar-refractivity contribution >= 4 is 0 Å². The van der Waals surface area contributed by atoms with Gasteiger partial charge in [-0.25, -0.2) is 0 Å². The third-order valence-corrected chi connectivity index (χ3v) is 3.62. The molecule has 120 valence electrons. The van der Waals surface area contributed by atoms with E-state index in [1.54, 1.807) is 0 Å². The van der Waals surface area contributed by atoms with Crippen LogP contribution in [0.5, 0.6) is 0 Å². The van der Waals surface area contributed by atoms with E-state index in [4.69, 9.17) is 0 Å².